The zero-order valence-electron chi connectivity index (χ0n) is 13.3. The van der Waals surface area contributed by atoms with Crippen molar-refractivity contribution in [2.24, 2.45) is 0 Å². The second-order valence-corrected chi connectivity index (χ2v) is 6.41. The molecular formula is C19H16N2O3S. The van der Waals surface area contributed by atoms with Crippen LogP contribution in [0.4, 0.5) is 0 Å². The summed E-state index contributed by atoms with van der Waals surface area (Å²) in [5.41, 5.74) is 5.23. The van der Waals surface area contributed by atoms with Crippen molar-refractivity contribution in [2.75, 3.05) is 0 Å². The molecule has 0 aliphatic rings. The third kappa shape index (κ3) is 4.30. The second kappa shape index (κ2) is 7.72. The summed E-state index contributed by atoms with van der Waals surface area (Å²) in [7, 11) is 0. The van der Waals surface area contributed by atoms with E-state index in [0.29, 0.717) is 10.4 Å². The van der Waals surface area contributed by atoms with E-state index < -0.39 is 5.91 Å². The van der Waals surface area contributed by atoms with Gasteiger partial charge in [-0.15, -0.1) is 11.3 Å². The predicted octanol–water partition coefficient (Wildman–Crippen LogP) is 3.33. The van der Waals surface area contributed by atoms with E-state index >= 15 is 0 Å². The largest absolute Gasteiger partial charge is 0.294 e. The van der Waals surface area contributed by atoms with E-state index in [-0.39, 0.29) is 24.5 Å². The van der Waals surface area contributed by atoms with Crippen LogP contribution in [0.25, 0.3) is 10.8 Å². The van der Waals surface area contributed by atoms with Gasteiger partial charge in [0.05, 0.1) is 4.88 Å². The van der Waals surface area contributed by atoms with E-state index in [2.05, 4.69) is 10.9 Å². The third-order valence-electron chi connectivity index (χ3n) is 3.71. The lowest BCUT2D eigenvalue weighted by atomic mass is 10.0. The maximum Gasteiger partial charge on any atom is 0.279 e. The van der Waals surface area contributed by atoms with Crippen LogP contribution < -0.4 is 10.9 Å². The van der Waals surface area contributed by atoms with E-state index in [9.17, 15) is 14.4 Å². The zero-order chi connectivity index (χ0) is 17.6. The number of benzene rings is 2. The Labute approximate surface area is 148 Å². The van der Waals surface area contributed by atoms with Gasteiger partial charge >= 0.3 is 0 Å². The van der Waals surface area contributed by atoms with Gasteiger partial charge in [0.15, 0.2) is 5.78 Å². The first-order chi connectivity index (χ1) is 12.1. The molecule has 0 saturated carbocycles. The van der Waals surface area contributed by atoms with Gasteiger partial charge in [-0.3, -0.25) is 25.2 Å². The number of nitrogens with one attached hydrogen (secondary N) is 2. The Balaban J connectivity index is 1.50. The molecule has 0 atom stereocenters. The highest BCUT2D eigenvalue weighted by atomic mass is 32.1. The fourth-order valence-corrected chi connectivity index (χ4v) is 3.01. The average molecular weight is 352 g/mol. The van der Waals surface area contributed by atoms with Gasteiger partial charge in [-0.2, -0.15) is 0 Å². The summed E-state index contributed by atoms with van der Waals surface area (Å²) in [6.45, 7) is 0. The summed E-state index contributed by atoms with van der Waals surface area (Å²) < 4.78 is 0. The minimum atomic E-state index is -0.404. The van der Waals surface area contributed by atoms with Gasteiger partial charge in [0.1, 0.15) is 0 Å². The average Bonchev–Trinajstić information content (AvgIpc) is 3.18. The van der Waals surface area contributed by atoms with Crippen molar-refractivity contribution in [1.29, 1.82) is 0 Å². The van der Waals surface area contributed by atoms with Gasteiger partial charge in [-0.1, -0.05) is 42.5 Å². The topological polar surface area (TPSA) is 75.3 Å². The molecule has 2 aromatic carbocycles. The molecule has 3 aromatic rings. The highest BCUT2D eigenvalue weighted by Gasteiger charge is 2.11. The first-order valence-corrected chi connectivity index (χ1v) is 8.66. The number of hydrogen-bond donors (Lipinski definition) is 2. The van der Waals surface area contributed by atoms with Crippen molar-refractivity contribution in [1.82, 2.24) is 10.9 Å². The minimum Gasteiger partial charge on any atom is -0.294 e. The SMILES string of the molecule is O=C(CCC(=O)c1ccc2ccccc2c1)NNC(=O)c1cccs1. The van der Waals surface area contributed by atoms with Gasteiger partial charge in [0.25, 0.3) is 5.91 Å². The second-order valence-electron chi connectivity index (χ2n) is 5.46. The minimum absolute atomic E-state index is 0.0103. The molecule has 0 bridgehead atoms. The van der Waals surface area contributed by atoms with E-state index in [1.54, 1.807) is 23.6 Å². The van der Waals surface area contributed by atoms with Crippen LogP contribution in [-0.2, 0) is 4.79 Å². The van der Waals surface area contributed by atoms with Crippen molar-refractivity contribution in [3.63, 3.8) is 0 Å². The lowest BCUT2D eigenvalue weighted by molar-refractivity contribution is -0.121. The molecule has 25 heavy (non-hydrogen) atoms. The summed E-state index contributed by atoms with van der Waals surface area (Å²) in [6, 6.07) is 16.7. The maximum atomic E-state index is 12.3. The summed E-state index contributed by atoms with van der Waals surface area (Å²) in [4.78, 5) is 36.3. The van der Waals surface area contributed by atoms with Crippen molar-refractivity contribution < 1.29 is 14.4 Å². The van der Waals surface area contributed by atoms with Crippen molar-refractivity contribution >= 4 is 39.7 Å². The number of amides is 2. The zero-order valence-corrected chi connectivity index (χ0v) is 14.1. The van der Waals surface area contributed by atoms with Crippen LogP contribution >= 0.6 is 11.3 Å². The Morgan fingerprint density at radius 2 is 1.64 bits per heavy atom. The number of rotatable bonds is 5. The predicted molar refractivity (Wildman–Crippen MR) is 97.4 cm³/mol. The number of hydrogen-bond acceptors (Lipinski definition) is 4. The van der Waals surface area contributed by atoms with Crippen molar-refractivity contribution in [3.8, 4) is 0 Å². The van der Waals surface area contributed by atoms with Crippen LogP contribution in [0, 0.1) is 0 Å². The molecule has 126 valence electrons. The quantitative estimate of drug-likeness (QED) is 0.546. The van der Waals surface area contributed by atoms with Crippen molar-refractivity contribution in [2.45, 2.75) is 12.8 Å². The van der Waals surface area contributed by atoms with E-state index in [1.807, 2.05) is 36.4 Å². The van der Waals surface area contributed by atoms with Crippen molar-refractivity contribution in [3.05, 3.63) is 70.4 Å². The fourth-order valence-electron chi connectivity index (χ4n) is 2.39. The molecule has 0 aliphatic carbocycles. The molecule has 2 amide bonds. The Morgan fingerprint density at radius 3 is 2.40 bits per heavy atom. The highest BCUT2D eigenvalue weighted by molar-refractivity contribution is 7.12. The van der Waals surface area contributed by atoms with Crippen LogP contribution in [0.15, 0.2) is 60.0 Å². The number of ketones is 1. The Hall–Kier alpha value is -2.99. The van der Waals surface area contributed by atoms with E-state index in [4.69, 9.17) is 0 Å². The van der Waals surface area contributed by atoms with Crippen LogP contribution in [0.1, 0.15) is 32.9 Å². The first kappa shape index (κ1) is 16.9. The summed E-state index contributed by atoms with van der Waals surface area (Å²) in [5.74, 6) is -0.881. The molecule has 3 rings (SSSR count). The van der Waals surface area contributed by atoms with Gasteiger partial charge < -0.3 is 0 Å². The third-order valence-corrected chi connectivity index (χ3v) is 4.58. The summed E-state index contributed by atoms with van der Waals surface area (Å²) >= 11 is 1.28. The Bertz CT molecular complexity index is 919. The Kier molecular flexibility index (Phi) is 5.20. The molecular weight excluding hydrogens is 336 g/mol. The fraction of sp³-hybridized carbons (Fsp3) is 0.105. The molecule has 6 heteroatoms. The number of hydrazine groups is 1. The van der Waals surface area contributed by atoms with Crippen LogP contribution in [0.5, 0.6) is 0 Å². The molecule has 1 heterocycles. The molecule has 1 aromatic heterocycles. The van der Waals surface area contributed by atoms with Gasteiger partial charge in [0.2, 0.25) is 5.91 Å². The van der Waals surface area contributed by atoms with E-state index in [0.717, 1.165) is 10.8 Å². The van der Waals surface area contributed by atoms with Crippen LogP contribution in [0.3, 0.4) is 0 Å². The molecule has 2 N–H and O–H groups in total. The lowest BCUT2D eigenvalue weighted by Gasteiger charge is -2.06. The number of fused-ring (bicyclic) bond motifs is 1. The number of thiophene rings is 1. The normalized spacial score (nSPS) is 10.4. The summed E-state index contributed by atoms with van der Waals surface area (Å²) in [6.07, 6.45) is 0.0927. The van der Waals surface area contributed by atoms with E-state index in [1.165, 1.54) is 11.3 Å². The molecule has 0 saturated heterocycles. The molecule has 0 radical (unpaired) electrons. The maximum absolute atomic E-state index is 12.3. The van der Waals surface area contributed by atoms with Crippen LogP contribution in [-0.4, -0.2) is 17.6 Å². The first-order valence-electron chi connectivity index (χ1n) is 7.78. The monoisotopic (exact) mass is 352 g/mol. The smallest absolute Gasteiger partial charge is 0.279 e. The molecule has 0 aliphatic heterocycles. The standard InChI is InChI=1S/C19H16N2O3S/c22-16(15-8-7-13-4-1-2-5-14(13)12-15)9-10-18(23)20-21-19(24)17-6-3-11-25-17/h1-8,11-12H,9-10H2,(H,20,23)(H,21,24). The van der Waals surface area contributed by atoms with Gasteiger partial charge in [0, 0.05) is 18.4 Å². The molecule has 0 unspecified atom stereocenters. The summed E-state index contributed by atoms with van der Waals surface area (Å²) in [5, 5.41) is 3.83. The van der Waals surface area contributed by atoms with Gasteiger partial charge in [-0.05, 0) is 28.3 Å². The van der Waals surface area contributed by atoms with Crippen LogP contribution in [0.2, 0.25) is 0 Å². The highest BCUT2D eigenvalue weighted by Crippen LogP contribution is 2.17. The molecule has 0 fully saturated rings. The molecule has 5 nitrogen and oxygen atoms in total. The number of Topliss-reactive ketones (excluding diaryl/α,β-unsaturated/α-hetero) is 1. The lowest BCUT2D eigenvalue weighted by Crippen LogP contribution is -2.41. The Morgan fingerprint density at radius 1 is 0.840 bits per heavy atom. The number of carbonyl (C=O) groups excluding carboxylic acids is 3. The van der Waals surface area contributed by atoms with Gasteiger partial charge in [-0.25, -0.2) is 0 Å². The molecule has 0 spiro atoms. The number of carbonyl (C=O) groups is 3.